The van der Waals surface area contributed by atoms with Gasteiger partial charge in [-0.05, 0) is 25.5 Å². The molecule has 3 N–H and O–H groups in total. The van der Waals surface area contributed by atoms with E-state index in [0.717, 1.165) is 6.07 Å². The third kappa shape index (κ3) is 4.80. The van der Waals surface area contributed by atoms with E-state index in [4.69, 9.17) is 5.11 Å². The zero-order valence-corrected chi connectivity index (χ0v) is 10.9. The molecule has 1 aromatic rings. The molecule has 1 unspecified atom stereocenters. The number of hydrogen-bond acceptors (Lipinski definition) is 5. The van der Waals surface area contributed by atoms with Crippen molar-refractivity contribution in [1.82, 2.24) is 5.32 Å². The van der Waals surface area contributed by atoms with E-state index in [1.165, 1.54) is 6.07 Å². The molecular weight excluding hydrogens is 253 g/mol. The lowest BCUT2D eigenvalue weighted by atomic mass is 10.2. The summed E-state index contributed by atoms with van der Waals surface area (Å²) in [7, 11) is 0. The SMILES string of the molecule is Cc1cc(NCCNCC(C)O)c([N+](=O)[O-])cc1F. The lowest BCUT2D eigenvalue weighted by molar-refractivity contribution is -0.384. The van der Waals surface area contributed by atoms with Gasteiger partial charge in [-0.3, -0.25) is 10.1 Å². The molecule has 1 atom stereocenters. The van der Waals surface area contributed by atoms with Crippen molar-refractivity contribution in [2.45, 2.75) is 20.0 Å². The maximum Gasteiger partial charge on any atom is 0.295 e. The van der Waals surface area contributed by atoms with Crippen LogP contribution in [-0.2, 0) is 0 Å². The average Bonchev–Trinajstić information content (AvgIpc) is 2.32. The molecule has 1 aromatic carbocycles. The van der Waals surface area contributed by atoms with Crippen LogP contribution in [0.4, 0.5) is 15.8 Å². The van der Waals surface area contributed by atoms with Gasteiger partial charge in [0.1, 0.15) is 11.5 Å². The van der Waals surface area contributed by atoms with E-state index in [0.29, 0.717) is 30.9 Å². The highest BCUT2D eigenvalue weighted by molar-refractivity contribution is 5.63. The summed E-state index contributed by atoms with van der Waals surface area (Å²) in [5.41, 5.74) is 0.367. The monoisotopic (exact) mass is 271 g/mol. The highest BCUT2D eigenvalue weighted by Crippen LogP contribution is 2.27. The van der Waals surface area contributed by atoms with Gasteiger partial charge in [-0.2, -0.15) is 0 Å². The predicted octanol–water partition coefficient (Wildman–Crippen LogP) is 1.42. The number of anilines is 1. The molecule has 0 heterocycles. The van der Waals surface area contributed by atoms with Crippen LogP contribution in [0, 0.1) is 22.9 Å². The van der Waals surface area contributed by atoms with E-state index in [1.807, 2.05) is 0 Å². The summed E-state index contributed by atoms with van der Waals surface area (Å²) in [6.07, 6.45) is -0.442. The van der Waals surface area contributed by atoms with Crippen LogP contribution in [-0.4, -0.2) is 35.8 Å². The van der Waals surface area contributed by atoms with Crippen LogP contribution in [0.3, 0.4) is 0 Å². The fourth-order valence-electron chi connectivity index (χ4n) is 1.56. The molecule has 0 fully saturated rings. The van der Waals surface area contributed by atoms with E-state index in [-0.39, 0.29) is 5.69 Å². The van der Waals surface area contributed by atoms with E-state index < -0.39 is 16.8 Å². The second-order valence-electron chi connectivity index (χ2n) is 4.36. The van der Waals surface area contributed by atoms with Crippen molar-refractivity contribution in [1.29, 1.82) is 0 Å². The summed E-state index contributed by atoms with van der Waals surface area (Å²) in [5.74, 6) is -0.593. The van der Waals surface area contributed by atoms with Crippen LogP contribution in [0.5, 0.6) is 0 Å². The lowest BCUT2D eigenvalue weighted by Crippen LogP contribution is -2.29. The number of hydrogen-bond donors (Lipinski definition) is 3. The number of nitro benzene ring substituents is 1. The summed E-state index contributed by atoms with van der Waals surface area (Å²) < 4.78 is 13.3. The maximum absolute atomic E-state index is 13.3. The van der Waals surface area contributed by atoms with Crippen molar-refractivity contribution in [3.05, 3.63) is 33.6 Å². The molecule has 0 aliphatic carbocycles. The summed E-state index contributed by atoms with van der Waals surface area (Å²) in [4.78, 5) is 10.2. The Morgan fingerprint density at radius 2 is 2.16 bits per heavy atom. The molecule has 0 saturated heterocycles. The van der Waals surface area contributed by atoms with Crippen LogP contribution in [0.2, 0.25) is 0 Å². The highest BCUT2D eigenvalue weighted by atomic mass is 19.1. The minimum Gasteiger partial charge on any atom is -0.392 e. The normalized spacial score (nSPS) is 12.2. The number of benzene rings is 1. The predicted molar refractivity (Wildman–Crippen MR) is 70.8 cm³/mol. The molecule has 7 heteroatoms. The van der Waals surface area contributed by atoms with Crippen LogP contribution in [0.15, 0.2) is 12.1 Å². The minimum atomic E-state index is -0.617. The number of rotatable bonds is 7. The van der Waals surface area contributed by atoms with Gasteiger partial charge >= 0.3 is 0 Å². The zero-order chi connectivity index (χ0) is 14.4. The lowest BCUT2D eigenvalue weighted by Gasteiger charge is -2.10. The molecule has 0 aliphatic heterocycles. The maximum atomic E-state index is 13.3. The largest absolute Gasteiger partial charge is 0.392 e. The summed E-state index contributed by atoms with van der Waals surface area (Å²) >= 11 is 0. The van der Waals surface area contributed by atoms with Crippen molar-refractivity contribution in [2.24, 2.45) is 0 Å². The fraction of sp³-hybridized carbons (Fsp3) is 0.500. The van der Waals surface area contributed by atoms with E-state index in [9.17, 15) is 14.5 Å². The number of aliphatic hydroxyl groups excluding tert-OH is 1. The van der Waals surface area contributed by atoms with Crippen LogP contribution in [0.1, 0.15) is 12.5 Å². The smallest absolute Gasteiger partial charge is 0.295 e. The molecule has 0 spiro atoms. The second-order valence-corrected chi connectivity index (χ2v) is 4.36. The number of nitro groups is 1. The first kappa shape index (κ1) is 15.3. The van der Waals surface area contributed by atoms with Gasteiger partial charge in [-0.25, -0.2) is 4.39 Å². The molecule has 0 bridgehead atoms. The molecule has 0 radical (unpaired) electrons. The molecule has 19 heavy (non-hydrogen) atoms. The Bertz CT molecular complexity index is 452. The van der Waals surface area contributed by atoms with Gasteiger partial charge in [0.2, 0.25) is 0 Å². The minimum absolute atomic E-state index is 0.279. The van der Waals surface area contributed by atoms with Gasteiger partial charge in [0.05, 0.1) is 17.1 Å². The number of halogens is 1. The number of aliphatic hydroxyl groups is 1. The third-order valence-electron chi connectivity index (χ3n) is 2.53. The van der Waals surface area contributed by atoms with Crippen molar-refractivity contribution >= 4 is 11.4 Å². The van der Waals surface area contributed by atoms with Crippen LogP contribution in [0.25, 0.3) is 0 Å². The van der Waals surface area contributed by atoms with Gasteiger partial charge in [0.25, 0.3) is 5.69 Å². The Morgan fingerprint density at radius 1 is 1.47 bits per heavy atom. The molecule has 0 aromatic heterocycles. The standard InChI is InChI=1S/C12H18FN3O3/c1-8-5-11(12(16(18)19)6-10(8)13)15-4-3-14-7-9(2)17/h5-6,9,14-15,17H,3-4,7H2,1-2H3. The molecule has 106 valence electrons. The van der Waals surface area contributed by atoms with Crippen molar-refractivity contribution in [2.75, 3.05) is 25.0 Å². The Labute approximate surface area is 110 Å². The Hall–Kier alpha value is -1.73. The first-order valence-corrected chi connectivity index (χ1v) is 5.99. The van der Waals surface area contributed by atoms with E-state index in [1.54, 1.807) is 13.8 Å². The van der Waals surface area contributed by atoms with Gasteiger partial charge < -0.3 is 15.7 Å². The molecular formula is C12H18FN3O3. The van der Waals surface area contributed by atoms with E-state index >= 15 is 0 Å². The van der Waals surface area contributed by atoms with Crippen molar-refractivity contribution in [3.63, 3.8) is 0 Å². The number of nitrogens with zero attached hydrogens (tertiary/aromatic N) is 1. The molecule has 0 amide bonds. The Morgan fingerprint density at radius 3 is 2.74 bits per heavy atom. The average molecular weight is 271 g/mol. The molecule has 0 saturated carbocycles. The fourth-order valence-corrected chi connectivity index (χ4v) is 1.56. The number of nitrogens with one attached hydrogen (secondary N) is 2. The zero-order valence-electron chi connectivity index (χ0n) is 10.9. The molecule has 1 rings (SSSR count). The summed E-state index contributed by atoms with van der Waals surface area (Å²) in [6.45, 7) is 4.65. The molecule has 0 aliphatic rings. The van der Waals surface area contributed by atoms with Crippen molar-refractivity contribution in [3.8, 4) is 0 Å². The summed E-state index contributed by atoms with van der Waals surface area (Å²) in [6, 6.07) is 2.34. The van der Waals surface area contributed by atoms with Gasteiger partial charge in [-0.1, -0.05) is 0 Å². The van der Waals surface area contributed by atoms with Gasteiger partial charge in [0, 0.05) is 19.6 Å². The summed E-state index contributed by atoms with van der Waals surface area (Å²) in [5, 5.41) is 25.7. The topological polar surface area (TPSA) is 87.4 Å². The molecule has 6 nitrogen and oxygen atoms in total. The van der Waals surface area contributed by atoms with Gasteiger partial charge in [0.15, 0.2) is 0 Å². The first-order valence-electron chi connectivity index (χ1n) is 5.99. The second kappa shape index (κ2) is 7.01. The van der Waals surface area contributed by atoms with Crippen LogP contribution >= 0.6 is 0 Å². The number of aryl methyl sites for hydroxylation is 1. The van der Waals surface area contributed by atoms with Crippen LogP contribution < -0.4 is 10.6 Å². The third-order valence-corrected chi connectivity index (χ3v) is 2.53. The highest BCUT2D eigenvalue weighted by Gasteiger charge is 2.16. The van der Waals surface area contributed by atoms with Crippen molar-refractivity contribution < 1.29 is 14.4 Å². The van der Waals surface area contributed by atoms with E-state index in [2.05, 4.69) is 10.6 Å². The van der Waals surface area contributed by atoms with Gasteiger partial charge in [-0.15, -0.1) is 0 Å². The quantitative estimate of drug-likeness (QED) is 0.396. The Balaban J connectivity index is 2.62. The Kier molecular flexibility index (Phi) is 5.65. The first-order chi connectivity index (χ1) is 8.91.